The molecule has 1 aliphatic rings. The Bertz CT molecular complexity index is 809. The molecule has 9 nitrogen and oxygen atoms in total. The first-order valence-electron chi connectivity index (χ1n) is 7.59. The maximum Gasteiger partial charge on any atom is 0.351 e. The lowest BCUT2D eigenvalue weighted by Gasteiger charge is -2.17. The molecule has 0 spiro atoms. The Morgan fingerprint density at radius 1 is 1.20 bits per heavy atom. The van der Waals surface area contributed by atoms with Crippen molar-refractivity contribution in [3.05, 3.63) is 58.6 Å². The summed E-state index contributed by atoms with van der Waals surface area (Å²) in [7, 11) is 0. The largest absolute Gasteiger partial charge is 0.394 e. The molecule has 132 valence electrons. The number of carbonyl (C=O) groups is 1. The van der Waals surface area contributed by atoms with Gasteiger partial charge in [-0.3, -0.25) is 9.36 Å². The van der Waals surface area contributed by atoms with E-state index >= 15 is 0 Å². The Morgan fingerprint density at radius 2 is 1.92 bits per heavy atom. The zero-order chi connectivity index (χ0) is 18.0. The second-order valence-electron chi connectivity index (χ2n) is 5.55. The molecule has 1 unspecified atom stereocenters. The van der Waals surface area contributed by atoms with Crippen molar-refractivity contribution in [2.24, 2.45) is 0 Å². The first kappa shape index (κ1) is 17.2. The van der Waals surface area contributed by atoms with E-state index < -0.39 is 42.7 Å². The Labute approximate surface area is 142 Å². The Kier molecular flexibility index (Phi) is 4.91. The molecule has 1 aromatic heterocycles. The number of carbonyl (C=O) groups excluding carboxylic acids is 1. The van der Waals surface area contributed by atoms with E-state index in [-0.39, 0.29) is 5.82 Å². The number of hydrogen-bond donors (Lipinski definition) is 4. The highest BCUT2D eigenvalue weighted by Gasteiger charge is 2.43. The lowest BCUT2D eigenvalue weighted by molar-refractivity contribution is -0.0549. The molecule has 1 aromatic carbocycles. The molecule has 4 atom stereocenters. The minimum atomic E-state index is -1.39. The van der Waals surface area contributed by atoms with Gasteiger partial charge >= 0.3 is 5.69 Å². The number of nitrogens with zero attached hydrogens (tertiary/aromatic N) is 2. The molecule has 1 saturated heterocycles. The molecule has 2 aromatic rings. The lowest BCUT2D eigenvalue weighted by Crippen LogP contribution is -2.36. The fourth-order valence-corrected chi connectivity index (χ4v) is 2.56. The van der Waals surface area contributed by atoms with Crippen molar-refractivity contribution < 1.29 is 24.9 Å². The van der Waals surface area contributed by atoms with Gasteiger partial charge in [0.05, 0.1) is 6.61 Å². The predicted molar refractivity (Wildman–Crippen MR) is 85.9 cm³/mol. The summed E-state index contributed by atoms with van der Waals surface area (Å²) in [5, 5.41) is 31.3. The van der Waals surface area contributed by atoms with Crippen LogP contribution in [0.3, 0.4) is 0 Å². The van der Waals surface area contributed by atoms with E-state index in [1.54, 1.807) is 30.3 Å². The molecule has 0 aliphatic carbocycles. The van der Waals surface area contributed by atoms with Gasteiger partial charge in [-0.15, -0.1) is 0 Å². The van der Waals surface area contributed by atoms with Crippen molar-refractivity contribution in [2.45, 2.75) is 24.5 Å². The van der Waals surface area contributed by atoms with Gasteiger partial charge in [-0.25, -0.2) is 4.79 Å². The molecule has 4 N–H and O–H groups in total. The van der Waals surface area contributed by atoms with Gasteiger partial charge in [0.1, 0.15) is 24.1 Å². The monoisotopic (exact) mass is 347 g/mol. The van der Waals surface area contributed by atoms with Crippen molar-refractivity contribution in [1.82, 2.24) is 9.55 Å². The highest BCUT2D eigenvalue weighted by Crippen LogP contribution is 2.28. The van der Waals surface area contributed by atoms with Crippen molar-refractivity contribution in [1.29, 1.82) is 0 Å². The highest BCUT2D eigenvalue weighted by atomic mass is 16.6. The quantitative estimate of drug-likeness (QED) is 0.563. The van der Waals surface area contributed by atoms with Gasteiger partial charge in [0, 0.05) is 11.8 Å². The van der Waals surface area contributed by atoms with Crippen LogP contribution in [0.5, 0.6) is 0 Å². The van der Waals surface area contributed by atoms with Gasteiger partial charge in [0.25, 0.3) is 5.91 Å². The van der Waals surface area contributed by atoms with Crippen LogP contribution in [-0.4, -0.2) is 55.7 Å². The van der Waals surface area contributed by atoms with Crippen molar-refractivity contribution in [3.8, 4) is 0 Å². The fraction of sp³-hybridized carbons (Fsp3) is 0.312. The number of hydrogen-bond acceptors (Lipinski definition) is 7. The molecular weight excluding hydrogens is 330 g/mol. The molecule has 1 aliphatic heterocycles. The van der Waals surface area contributed by atoms with Gasteiger partial charge in [0.15, 0.2) is 6.23 Å². The SMILES string of the molecule is O=C(Nc1ccn([C@@H]2O[C@H](CO)[C@@H](O)C2O)c(=O)n1)c1ccccc1. The number of aromatic nitrogens is 2. The third-order valence-electron chi connectivity index (χ3n) is 3.90. The Balaban J connectivity index is 1.78. The molecule has 25 heavy (non-hydrogen) atoms. The van der Waals surface area contributed by atoms with Crippen LogP contribution >= 0.6 is 0 Å². The maximum atomic E-state index is 12.2. The number of rotatable bonds is 4. The minimum Gasteiger partial charge on any atom is -0.394 e. The number of benzene rings is 1. The smallest absolute Gasteiger partial charge is 0.351 e. The van der Waals surface area contributed by atoms with E-state index in [0.29, 0.717) is 5.56 Å². The zero-order valence-electron chi connectivity index (χ0n) is 13.0. The van der Waals surface area contributed by atoms with Crippen LogP contribution in [0.25, 0.3) is 0 Å². The van der Waals surface area contributed by atoms with Gasteiger partial charge in [-0.1, -0.05) is 18.2 Å². The van der Waals surface area contributed by atoms with Crippen LogP contribution < -0.4 is 11.0 Å². The van der Waals surface area contributed by atoms with Gasteiger partial charge in [-0.05, 0) is 18.2 Å². The van der Waals surface area contributed by atoms with Crippen molar-refractivity contribution in [2.75, 3.05) is 11.9 Å². The summed E-state index contributed by atoms with van der Waals surface area (Å²) in [5.74, 6) is -0.375. The van der Waals surface area contributed by atoms with Crippen LogP contribution in [0, 0.1) is 0 Å². The van der Waals surface area contributed by atoms with Crippen LogP contribution in [0.4, 0.5) is 5.82 Å². The number of aliphatic hydroxyl groups excluding tert-OH is 3. The lowest BCUT2D eigenvalue weighted by atomic mass is 10.1. The summed E-state index contributed by atoms with van der Waals surface area (Å²) in [4.78, 5) is 27.9. The standard InChI is InChI=1S/C16H17N3O6/c20-8-10-12(21)13(22)15(25-10)19-7-6-11(18-16(19)24)17-14(23)9-4-2-1-3-5-9/h1-7,10,12-13,15,20-22H,8H2,(H,17,18,23,24)/t10-,12-,13?,15-/m1/s1. The summed E-state index contributed by atoms with van der Waals surface area (Å²) in [6.07, 6.45) is -3.59. The van der Waals surface area contributed by atoms with E-state index in [1.165, 1.54) is 12.3 Å². The Hall–Kier alpha value is -2.59. The number of nitrogens with one attached hydrogen (secondary N) is 1. The average molecular weight is 347 g/mol. The molecule has 2 heterocycles. The molecule has 0 radical (unpaired) electrons. The zero-order valence-corrected chi connectivity index (χ0v) is 13.0. The summed E-state index contributed by atoms with van der Waals surface area (Å²) in [6.45, 7) is -0.498. The average Bonchev–Trinajstić information content (AvgIpc) is 2.91. The second-order valence-corrected chi connectivity index (χ2v) is 5.55. The number of anilines is 1. The van der Waals surface area contributed by atoms with E-state index in [9.17, 15) is 19.8 Å². The molecule has 9 heteroatoms. The molecule has 0 saturated carbocycles. The number of aliphatic hydroxyl groups is 3. The molecule has 1 fully saturated rings. The van der Waals surface area contributed by atoms with Crippen molar-refractivity contribution >= 4 is 11.7 Å². The maximum absolute atomic E-state index is 12.2. The summed E-state index contributed by atoms with van der Waals surface area (Å²) < 4.78 is 6.27. The molecule has 3 rings (SSSR count). The predicted octanol–water partition coefficient (Wildman–Crippen LogP) is -0.893. The van der Waals surface area contributed by atoms with E-state index in [1.807, 2.05) is 0 Å². The second kappa shape index (κ2) is 7.11. The van der Waals surface area contributed by atoms with E-state index in [4.69, 9.17) is 9.84 Å². The molecule has 1 amide bonds. The summed E-state index contributed by atoms with van der Waals surface area (Å²) >= 11 is 0. The van der Waals surface area contributed by atoms with E-state index in [2.05, 4.69) is 10.3 Å². The Morgan fingerprint density at radius 3 is 2.52 bits per heavy atom. The topological polar surface area (TPSA) is 134 Å². The normalized spacial score (nSPS) is 25.7. The van der Waals surface area contributed by atoms with Crippen LogP contribution in [0.15, 0.2) is 47.4 Å². The number of ether oxygens (including phenoxy) is 1. The third kappa shape index (κ3) is 3.44. The van der Waals surface area contributed by atoms with Crippen LogP contribution in [0.1, 0.15) is 16.6 Å². The van der Waals surface area contributed by atoms with Gasteiger partial charge in [-0.2, -0.15) is 4.98 Å². The summed E-state index contributed by atoms with van der Waals surface area (Å²) in [5.41, 5.74) is -0.363. The first-order chi connectivity index (χ1) is 12.0. The minimum absolute atomic E-state index is 0.0434. The fourth-order valence-electron chi connectivity index (χ4n) is 2.56. The highest BCUT2D eigenvalue weighted by molar-refractivity contribution is 6.03. The van der Waals surface area contributed by atoms with Gasteiger partial charge < -0.3 is 25.4 Å². The van der Waals surface area contributed by atoms with Gasteiger partial charge in [0.2, 0.25) is 0 Å². The molecular formula is C16H17N3O6. The number of amides is 1. The first-order valence-corrected chi connectivity index (χ1v) is 7.59. The summed E-state index contributed by atoms with van der Waals surface area (Å²) in [6, 6.07) is 9.81. The van der Waals surface area contributed by atoms with Crippen LogP contribution in [-0.2, 0) is 4.74 Å². The van der Waals surface area contributed by atoms with E-state index in [0.717, 1.165) is 4.57 Å². The molecule has 0 bridgehead atoms. The van der Waals surface area contributed by atoms with Crippen LogP contribution in [0.2, 0.25) is 0 Å². The van der Waals surface area contributed by atoms with Crippen molar-refractivity contribution in [3.63, 3.8) is 0 Å². The third-order valence-corrected chi connectivity index (χ3v) is 3.90.